The zero-order valence-electron chi connectivity index (χ0n) is 8.34. The molecular formula is C12H20. The van der Waals surface area contributed by atoms with E-state index in [9.17, 15) is 0 Å². The zero-order chi connectivity index (χ0) is 8.34. The molecule has 0 saturated heterocycles. The van der Waals surface area contributed by atoms with Crippen molar-refractivity contribution < 1.29 is 0 Å². The van der Waals surface area contributed by atoms with E-state index in [0.717, 1.165) is 17.3 Å². The molecule has 0 radical (unpaired) electrons. The predicted octanol–water partition coefficient (Wildman–Crippen LogP) is 3.47. The summed E-state index contributed by atoms with van der Waals surface area (Å²) in [6, 6.07) is 0. The normalized spacial score (nSPS) is 60.5. The molecular weight excluding hydrogens is 144 g/mol. The van der Waals surface area contributed by atoms with Gasteiger partial charge in [0.1, 0.15) is 0 Å². The Kier molecular flexibility index (Phi) is 1.28. The van der Waals surface area contributed by atoms with Gasteiger partial charge in [-0.1, -0.05) is 20.3 Å². The summed E-state index contributed by atoms with van der Waals surface area (Å²) in [5.41, 5.74) is 0.917. The van der Waals surface area contributed by atoms with Crippen LogP contribution in [0.25, 0.3) is 0 Å². The molecule has 5 atom stereocenters. The van der Waals surface area contributed by atoms with Crippen LogP contribution in [0.15, 0.2) is 0 Å². The van der Waals surface area contributed by atoms with Crippen LogP contribution in [0.1, 0.15) is 46.0 Å². The van der Waals surface area contributed by atoms with Crippen molar-refractivity contribution in [3.63, 3.8) is 0 Å². The van der Waals surface area contributed by atoms with E-state index >= 15 is 0 Å². The summed E-state index contributed by atoms with van der Waals surface area (Å²) < 4.78 is 0. The zero-order valence-corrected chi connectivity index (χ0v) is 8.34. The summed E-state index contributed by atoms with van der Waals surface area (Å²) in [5.74, 6) is 4.58. The molecule has 0 N–H and O–H groups in total. The molecule has 68 valence electrons. The summed E-state index contributed by atoms with van der Waals surface area (Å²) >= 11 is 0. The molecule has 0 aromatic carbocycles. The van der Waals surface area contributed by atoms with Gasteiger partial charge in [0.2, 0.25) is 0 Å². The van der Waals surface area contributed by atoms with E-state index in [1.165, 1.54) is 24.7 Å². The van der Waals surface area contributed by atoms with Gasteiger partial charge in [-0.3, -0.25) is 0 Å². The molecule has 4 rings (SSSR count). The van der Waals surface area contributed by atoms with Crippen LogP contribution in [0.5, 0.6) is 0 Å². The maximum Gasteiger partial charge on any atom is -0.0230 e. The van der Waals surface area contributed by atoms with Gasteiger partial charge in [-0.2, -0.15) is 0 Å². The smallest absolute Gasteiger partial charge is 0.0230 e. The fourth-order valence-corrected chi connectivity index (χ4v) is 5.12. The number of hydrogen-bond donors (Lipinski definition) is 0. The highest BCUT2D eigenvalue weighted by Gasteiger charge is 2.71. The SMILES string of the molecule is CCCC1C(C)C2C3CCC12C3. The fourth-order valence-electron chi connectivity index (χ4n) is 5.12. The standard InChI is InChI=1S/C12H20/c1-3-4-10-8(2)11-9-5-6-12(10,11)7-9/h8-11H,3-7H2,1-2H3. The van der Waals surface area contributed by atoms with Gasteiger partial charge in [0.05, 0.1) is 0 Å². The van der Waals surface area contributed by atoms with E-state index in [-0.39, 0.29) is 0 Å². The average molecular weight is 164 g/mol. The van der Waals surface area contributed by atoms with Crippen LogP contribution in [0, 0.1) is 29.1 Å². The molecule has 0 nitrogen and oxygen atoms in total. The van der Waals surface area contributed by atoms with Gasteiger partial charge in [0, 0.05) is 0 Å². The molecule has 0 heteroatoms. The summed E-state index contributed by atoms with van der Waals surface area (Å²) in [5, 5.41) is 0. The van der Waals surface area contributed by atoms with Crippen LogP contribution in [0.3, 0.4) is 0 Å². The summed E-state index contributed by atoms with van der Waals surface area (Å²) in [7, 11) is 0. The third-order valence-electron chi connectivity index (χ3n) is 5.33. The molecule has 12 heavy (non-hydrogen) atoms. The molecule has 1 spiro atoms. The van der Waals surface area contributed by atoms with Crippen molar-refractivity contribution in [1.29, 1.82) is 0 Å². The maximum absolute atomic E-state index is 2.51. The number of fused-ring (bicyclic) bond motifs is 1. The van der Waals surface area contributed by atoms with Crippen LogP contribution >= 0.6 is 0 Å². The third kappa shape index (κ3) is 0.561. The van der Waals surface area contributed by atoms with Crippen molar-refractivity contribution in [2.75, 3.05) is 0 Å². The average Bonchev–Trinajstić information content (AvgIpc) is 2.56. The molecule has 2 bridgehead atoms. The molecule has 4 aliphatic carbocycles. The Labute approximate surface area is 75.7 Å². The summed E-state index contributed by atoms with van der Waals surface area (Å²) in [6.45, 7) is 4.86. The number of hydrogen-bond acceptors (Lipinski definition) is 0. The first-order chi connectivity index (χ1) is 5.79. The lowest BCUT2D eigenvalue weighted by atomic mass is 9.37. The van der Waals surface area contributed by atoms with Gasteiger partial charge in [-0.25, -0.2) is 0 Å². The Balaban J connectivity index is 1.80. The third-order valence-corrected chi connectivity index (χ3v) is 5.33. The highest BCUT2D eigenvalue weighted by atomic mass is 14.8. The van der Waals surface area contributed by atoms with Gasteiger partial charge < -0.3 is 0 Å². The molecule has 0 aromatic rings. The Morgan fingerprint density at radius 2 is 2.25 bits per heavy atom. The van der Waals surface area contributed by atoms with E-state index in [1.54, 1.807) is 19.3 Å². The van der Waals surface area contributed by atoms with Gasteiger partial charge in [0.15, 0.2) is 0 Å². The topological polar surface area (TPSA) is 0 Å². The molecule has 0 aliphatic heterocycles. The van der Waals surface area contributed by atoms with Crippen molar-refractivity contribution >= 4 is 0 Å². The van der Waals surface area contributed by atoms with Crippen LogP contribution < -0.4 is 0 Å². The highest BCUT2D eigenvalue weighted by molar-refractivity contribution is 5.20. The van der Waals surface area contributed by atoms with E-state index < -0.39 is 0 Å². The van der Waals surface area contributed by atoms with Gasteiger partial charge in [0.25, 0.3) is 0 Å². The second-order valence-electron chi connectivity index (χ2n) is 5.52. The van der Waals surface area contributed by atoms with Crippen molar-refractivity contribution in [2.24, 2.45) is 29.1 Å². The van der Waals surface area contributed by atoms with Crippen LogP contribution in [-0.4, -0.2) is 0 Å². The van der Waals surface area contributed by atoms with E-state index in [2.05, 4.69) is 13.8 Å². The van der Waals surface area contributed by atoms with Crippen molar-refractivity contribution in [1.82, 2.24) is 0 Å². The van der Waals surface area contributed by atoms with Crippen molar-refractivity contribution in [2.45, 2.75) is 46.0 Å². The monoisotopic (exact) mass is 164 g/mol. The van der Waals surface area contributed by atoms with Gasteiger partial charge >= 0.3 is 0 Å². The first kappa shape index (κ1) is 7.41. The Morgan fingerprint density at radius 3 is 2.92 bits per heavy atom. The Hall–Kier alpha value is 0. The largest absolute Gasteiger partial charge is 0.0654 e. The minimum Gasteiger partial charge on any atom is -0.0654 e. The van der Waals surface area contributed by atoms with Crippen LogP contribution in [-0.2, 0) is 0 Å². The first-order valence-electron chi connectivity index (χ1n) is 5.79. The minimum absolute atomic E-state index is 0.917. The fraction of sp³-hybridized carbons (Fsp3) is 1.00. The lowest BCUT2D eigenvalue weighted by Gasteiger charge is -2.67. The van der Waals surface area contributed by atoms with Crippen LogP contribution in [0.4, 0.5) is 0 Å². The van der Waals surface area contributed by atoms with Gasteiger partial charge in [-0.15, -0.1) is 0 Å². The highest BCUT2D eigenvalue weighted by Crippen LogP contribution is 2.78. The molecule has 0 heterocycles. The lowest BCUT2D eigenvalue weighted by molar-refractivity contribution is -0.193. The maximum atomic E-state index is 2.51. The lowest BCUT2D eigenvalue weighted by Crippen LogP contribution is -2.61. The van der Waals surface area contributed by atoms with E-state index in [4.69, 9.17) is 0 Å². The minimum atomic E-state index is 0.917. The molecule has 0 aromatic heterocycles. The van der Waals surface area contributed by atoms with Crippen molar-refractivity contribution in [3.8, 4) is 0 Å². The van der Waals surface area contributed by atoms with E-state index in [1.807, 2.05) is 0 Å². The molecule has 4 fully saturated rings. The molecule has 4 aliphatic rings. The first-order valence-corrected chi connectivity index (χ1v) is 5.79. The summed E-state index contributed by atoms with van der Waals surface area (Å²) in [6.07, 6.45) is 7.72. The Morgan fingerprint density at radius 1 is 1.42 bits per heavy atom. The second-order valence-corrected chi connectivity index (χ2v) is 5.52. The molecule has 5 unspecified atom stereocenters. The van der Waals surface area contributed by atoms with Crippen LogP contribution in [0.2, 0.25) is 0 Å². The summed E-state index contributed by atoms with van der Waals surface area (Å²) in [4.78, 5) is 0. The number of rotatable bonds is 2. The van der Waals surface area contributed by atoms with Gasteiger partial charge in [-0.05, 0) is 54.8 Å². The second kappa shape index (κ2) is 2.08. The van der Waals surface area contributed by atoms with E-state index in [0.29, 0.717) is 0 Å². The Bertz CT molecular complexity index is 204. The van der Waals surface area contributed by atoms with Crippen molar-refractivity contribution in [3.05, 3.63) is 0 Å². The molecule has 0 amide bonds. The quantitative estimate of drug-likeness (QED) is 0.586. The predicted molar refractivity (Wildman–Crippen MR) is 50.8 cm³/mol. The molecule has 4 saturated carbocycles.